The Kier molecular flexibility index (Phi) is 5.62. The molecule has 1 aromatic rings. The van der Waals surface area contributed by atoms with Crippen LogP contribution in [-0.4, -0.2) is 47.3 Å². The number of rotatable bonds is 3. The largest absolute Gasteiger partial charge is 0.444 e. The fraction of sp³-hybridized carbons (Fsp3) is 0.588. The summed E-state index contributed by atoms with van der Waals surface area (Å²) in [5, 5.41) is 23.4. The van der Waals surface area contributed by atoms with Gasteiger partial charge in [-0.05, 0) is 26.3 Å². The maximum atomic E-state index is 12.0. The zero-order valence-corrected chi connectivity index (χ0v) is 13.7. The van der Waals surface area contributed by atoms with E-state index in [9.17, 15) is 15.0 Å². The summed E-state index contributed by atoms with van der Waals surface area (Å²) in [6, 6.07) is 8.48. The molecular formula is C17H25NO5. The Morgan fingerprint density at radius 2 is 1.96 bits per heavy atom. The van der Waals surface area contributed by atoms with Crippen LogP contribution in [0, 0.1) is 5.92 Å². The summed E-state index contributed by atoms with van der Waals surface area (Å²) in [5.41, 5.74) is 0.0829. The van der Waals surface area contributed by atoms with Gasteiger partial charge in [0.15, 0.2) is 0 Å². The molecular weight excluding hydrogens is 298 g/mol. The third-order valence-electron chi connectivity index (χ3n) is 3.70. The van der Waals surface area contributed by atoms with Crippen LogP contribution in [0.25, 0.3) is 0 Å². The summed E-state index contributed by atoms with van der Waals surface area (Å²) in [6.07, 6.45) is -2.38. The first-order valence-electron chi connectivity index (χ1n) is 7.76. The Labute approximate surface area is 136 Å². The number of hydrogen-bond acceptors (Lipinski definition) is 5. The van der Waals surface area contributed by atoms with Gasteiger partial charge >= 0.3 is 6.09 Å². The standard InChI is InChI=1S/C17H25NO5/c1-17(2,3)23-16(21)18-14-12(9-22-10-13(14)19)15(20)11-7-5-4-6-8-11/h4-8,12-15,19-20H,9-10H2,1-3H3,(H,18,21)/t12-,13-,14+,15+/m1/s1. The number of carbonyl (C=O) groups excluding carboxylic acids is 1. The second-order valence-corrected chi connectivity index (χ2v) is 6.80. The van der Waals surface area contributed by atoms with Gasteiger partial charge in [0.25, 0.3) is 0 Å². The predicted molar refractivity (Wildman–Crippen MR) is 84.9 cm³/mol. The summed E-state index contributed by atoms with van der Waals surface area (Å²) in [4.78, 5) is 12.0. The molecule has 6 heteroatoms. The van der Waals surface area contributed by atoms with Crippen molar-refractivity contribution in [2.75, 3.05) is 13.2 Å². The van der Waals surface area contributed by atoms with E-state index in [4.69, 9.17) is 9.47 Å². The summed E-state index contributed by atoms with van der Waals surface area (Å²) >= 11 is 0. The topological polar surface area (TPSA) is 88.0 Å². The molecule has 1 aliphatic rings. The van der Waals surface area contributed by atoms with Crippen LogP contribution >= 0.6 is 0 Å². The molecule has 1 heterocycles. The highest BCUT2D eigenvalue weighted by Gasteiger charge is 2.39. The molecule has 3 N–H and O–H groups in total. The van der Waals surface area contributed by atoms with Crippen LogP contribution < -0.4 is 5.32 Å². The van der Waals surface area contributed by atoms with E-state index < -0.39 is 35.9 Å². The molecule has 1 aromatic carbocycles. The van der Waals surface area contributed by atoms with Crippen molar-refractivity contribution in [1.29, 1.82) is 0 Å². The SMILES string of the molecule is CC(C)(C)OC(=O)N[C@H]1[C@H]([C@@H](O)c2ccccc2)COC[C@H]1O. The lowest BCUT2D eigenvalue weighted by atomic mass is 9.85. The minimum absolute atomic E-state index is 0.110. The third kappa shape index (κ3) is 4.92. The van der Waals surface area contributed by atoms with Gasteiger partial charge in [0, 0.05) is 5.92 Å². The van der Waals surface area contributed by atoms with Gasteiger partial charge in [-0.15, -0.1) is 0 Å². The molecule has 0 radical (unpaired) electrons. The lowest BCUT2D eigenvalue weighted by Gasteiger charge is -2.38. The molecule has 0 aliphatic carbocycles. The molecule has 0 bridgehead atoms. The number of ether oxygens (including phenoxy) is 2. The number of carbonyl (C=O) groups is 1. The van der Waals surface area contributed by atoms with Crippen LogP contribution in [0.1, 0.15) is 32.4 Å². The Morgan fingerprint density at radius 1 is 1.30 bits per heavy atom. The van der Waals surface area contributed by atoms with E-state index in [1.165, 1.54) is 0 Å². The molecule has 4 atom stereocenters. The van der Waals surface area contributed by atoms with Crippen LogP contribution in [0.15, 0.2) is 30.3 Å². The van der Waals surface area contributed by atoms with E-state index in [2.05, 4.69) is 5.32 Å². The average molecular weight is 323 g/mol. The van der Waals surface area contributed by atoms with Crippen molar-refractivity contribution in [2.24, 2.45) is 5.92 Å². The molecule has 0 spiro atoms. The van der Waals surface area contributed by atoms with Gasteiger partial charge in [-0.3, -0.25) is 0 Å². The number of amides is 1. The molecule has 2 rings (SSSR count). The van der Waals surface area contributed by atoms with Gasteiger partial charge in [0.1, 0.15) is 5.60 Å². The average Bonchev–Trinajstić information content (AvgIpc) is 2.47. The normalized spacial score (nSPS) is 26.4. The second kappa shape index (κ2) is 7.29. The van der Waals surface area contributed by atoms with E-state index in [1.54, 1.807) is 32.9 Å². The van der Waals surface area contributed by atoms with Gasteiger partial charge < -0.3 is 25.0 Å². The first-order chi connectivity index (χ1) is 10.8. The lowest BCUT2D eigenvalue weighted by Crippen LogP contribution is -2.56. The van der Waals surface area contributed by atoms with Crippen LogP contribution in [0.5, 0.6) is 0 Å². The minimum atomic E-state index is -0.903. The maximum Gasteiger partial charge on any atom is 0.407 e. The monoisotopic (exact) mass is 323 g/mol. The van der Waals surface area contributed by atoms with Crippen LogP contribution in [0.4, 0.5) is 4.79 Å². The minimum Gasteiger partial charge on any atom is -0.444 e. The molecule has 128 valence electrons. The third-order valence-corrected chi connectivity index (χ3v) is 3.70. The first-order valence-corrected chi connectivity index (χ1v) is 7.76. The smallest absolute Gasteiger partial charge is 0.407 e. The van der Waals surface area contributed by atoms with E-state index in [-0.39, 0.29) is 13.2 Å². The van der Waals surface area contributed by atoms with Crippen molar-refractivity contribution in [2.45, 2.75) is 44.6 Å². The van der Waals surface area contributed by atoms with Gasteiger partial charge in [-0.1, -0.05) is 30.3 Å². The highest BCUT2D eigenvalue weighted by molar-refractivity contribution is 5.68. The molecule has 1 amide bonds. The number of nitrogens with one attached hydrogen (secondary N) is 1. The van der Waals surface area contributed by atoms with Gasteiger partial charge in [0.05, 0.1) is 31.5 Å². The zero-order chi connectivity index (χ0) is 17.0. The van der Waals surface area contributed by atoms with Gasteiger partial charge in [0.2, 0.25) is 0 Å². The quantitative estimate of drug-likeness (QED) is 0.787. The van der Waals surface area contributed by atoms with Crippen molar-refractivity contribution in [3.8, 4) is 0 Å². The Morgan fingerprint density at radius 3 is 2.57 bits per heavy atom. The second-order valence-electron chi connectivity index (χ2n) is 6.80. The number of aliphatic hydroxyl groups excluding tert-OH is 2. The molecule has 1 fully saturated rings. The Balaban J connectivity index is 2.11. The molecule has 1 saturated heterocycles. The van der Waals surface area contributed by atoms with E-state index in [0.29, 0.717) is 5.56 Å². The molecule has 1 aliphatic heterocycles. The highest BCUT2D eigenvalue weighted by Crippen LogP contribution is 2.29. The maximum absolute atomic E-state index is 12.0. The van der Waals surface area contributed by atoms with Gasteiger partial charge in [-0.2, -0.15) is 0 Å². The van der Waals surface area contributed by atoms with Crippen LogP contribution in [0.3, 0.4) is 0 Å². The summed E-state index contributed by atoms with van der Waals surface area (Å²) in [6.45, 7) is 5.65. The van der Waals surface area contributed by atoms with Gasteiger partial charge in [-0.25, -0.2) is 4.79 Å². The highest BCUT2D eigenvalue weighted by atomic mass is 16.6. The van der Waals surface area contributed by atoms with Crippen LogP contribution in [-0.2, 0) is 9.47 Å². The van der Waals surface area contributed by atoms with E-state index >= 15 is 0 Å². The first kappa shape index (κ1) is 17.7. The fourth-order valence-electron chi connectivity index (χ4n) is 2.65. The summed E-state index contributed by atoms with van der Waals surface area (Å²) in [5.74, 6) is -0.464. The number of alkyl carbamates (subject to hydrolysis) is 1. The Hall–Kier alpha value is -1.63. The summed E-state index contributed by atoms with van der Waals surface area (Å²) < 4.78 is 10.6. The van der Waals surface area contributed by atoms with Crippen molar-refractivity contribution in [1.82, 2.24) is 5.32 Å². The van der Waals surface area contributed by atoms with Crippen molar-refractivity contribution in [3.05, 3.63) is 35.9 Å². The van der Waals surface area contributed by atoms with Crippen LogP contribution in [0.2, 0.25) is 0 Å². The van der Waals surface area contributed by atoms with Crippen molar-refractivity contribution in [3.63, 3.8) is 0 Å². The van der Waals surface area contributed by atoms with E-state index in [1.807, 2.05) is 18.2 Å². The molecule has 0 unspecified atom stereocenters. The molecule has 0 saturated carbocycles. The molecule has 0 aromatic heterocycles. The predicted octanol–water partition coefficient (Wildman–Crippen LogP) is 1.62. The molecule has 23 heavy (non-hydrogen) atoms. The fourth-order valence-corrected chi connectivity index (χ4v) is 2.65. The summed E-state index contributed by atoms with van der Waals surface area (Å²) in [7, 11) is 0. The Bertz CT molecular complexity index is 513. The molecule has 6 nitrogen and oxygen atoms in total. The number of aliphatic hydroxyl groups is 2. The van der Waals surface area contributed by atoms with E-state index in [0.717, 1.165) is 0 Å². The lowest BCUT2D eigenvalue weighted by molar-refractivity contribution is -0.0944. The number of hydrogen-bond donors (Lipinski definition) is 3. The van der Waals surface area contributed by atoms with Crippen molar-refractivity contribution < 1.29 is 24.5 Å². The zero-order valence-electron chi connectivity index (χ0n) is 13.7. The van der Waals surface area contributed by atoms with Crippen molar-refractivity contribution >= 4 is 6.09 Å². The number of benzene rings is 1.